The molecule has 1 aliphatic heterocycles. The van der Waals surface area contributed by atoms with Gasteiger partial charge in [-0.15, -0.1) is 0 Å². The van der Waals surface area contributed by atoms with Crippen LogP contribution in [0.2, 0.25) is 0 Å². The van der Waals surface area contributed by atoms with Gasteiger partial charge >= 0.3 is 0 Å². The zero-order chi connectivity index (χ0) is 25.1. The minimum absolute atomic E-state index is 0.128. The molecule has 12 nitrogen and oxygen atoms in total. The molecule has 186 valence electrons. The van der Waals surface area contributed by atoms with Crippen molar-refractivity contribution in [2.75, 3.05) is 17.8 Å². The molecular formula is C24H25N7O5. The van der Waals surface area contributed by atoms with Crippen molar-refractivity contribution in [3.05, 3.63) is 72.1 Å². The number of imidazole rings is 1. The number of nitrogens with one attached hydrogen (secondary N) is 1. The normalized spacial score (nSPS) is 21.9. The highest BCUT2D eigenvalue weighted by Crippen LogP contribution is 2.35. The summed E-state index contributed by atoms with van der Waals surface area (Å²) in [6, 6.07) is 17.3. The summed E-state index contributed by atoms with van der Waals surface area (Å²) < 4.78 is 12.9. The number of nitrogens with two attached hydrogens (primary N) is 1. The van der Waals surface area contributed by atoms with Crippen LogP contribution < -0.4 is 15.9 Å². The van der Waals surface area contributed by atoms with E-state index >= 15 is 0 Å². The van der Waals surface area contributed by atoms with Gasteiger partial charge in [-0.25, -0.2) is 20.4 Å². The van der Waals surface area contributed by atoms with Crippen LogP contribution in [-0.2, 0) is 11.3 Å². The molecule has 3 heterocycles. The molecule has 1 saturated heterocycles. The lowest BCUT2D eigenvalue weighted by atomic mass is 10.1. The summed E-state index contributed by atoms with van der Waals surface area (Å²) in [5, 5.41) is 34.4. The Hall–Kier alpha value is -4.10. The first kappa shape index (κ1) is 23.6. The summed E-state index contributed by atoms with van der Waals surface area (Å²) in [7, 11) is 0. The second kappa shape index (κ2) is 10.3. The first-order valence-electron chi connectivity index (χ1n) is 11.2. The van der Waals surface area contributed by atoms with Crippen molar-refractivity contribution >= 4 is 29.1 Å². The van der Waals surface area contributed by atoms with Crippen LogP contribution in [0.1, 0.15) is 17.4 Å². The lowest BCUT2D eigenvalue weighted by Gasteiger charge is -2.18. The number of fused-ring (bicyclic) bond motifs is 1. The van der Waals surface area contributed by atoms with Gasteiger partial charge in [0, 0.05) is 0 Å². The topological polar surface area (TPSA) is 173 Å². The molecule has 2 aromatic carbocycles. The third kappa shape index (κ3) is 4.70. The Bertz CT molecular complexity index is 1350. The van der Waals surface area contributed by atoms with Gasteiger partial charge in [-0.3, -0.25) is 4.57 Å². The molecule has 6 N–H and O–H groups in total. The van der Waals surface area contributed by atoms with E-state index in [9.17, 15) is 15.3 Å². The highest BCUT2D eigenvalue weighted by atomic mass is 16.6. The summed E-state index contributed by atoms with van der Waals surface area (Å²) in [4.78, 5) is 12.5. The van der Waals surface area contributed by atoms with E-state index in [0.717, 1.165) is 16.9 Å². The quantitative estimate of drug-likeness (QED) is 0.177. The average molecular weight is 492 g/mol. The summed E-state index contributed by atoms with van der Waals surface area (Å²) >= 11 is 0. The fourth-order valence-corrected chi connectivity index (χ4v) is 3.90. The van der Waals surface area contributed by atoms with Crippen LogP contribution in [0.15, 0.2) is 66.0 Å². The van der Waals surface area contributed by atoms with Crippen molar-refractivity contribution in [2.24, 2.45) is 5.10 Å². The molecule has 1 fully saturated rings. The lowest BCUT2D eigenvalue weighted by molar-refractivity contribution is -0.0501. The summed E-state index contributed by atoms with van der Waals surface area (Å²) in [6.45, 7) is 0.00342. The number of nitrogens with zero attached hydrogens (tertiary/aromatic N) is 5. The van der Waals surface area contributed by atoms with Crippen LogP contribution in [0.3, 0.4) is 0 Å². The molecule has 0 saturated carbocycles. The monoisotopic (exact) mass is 491 g/mol. The predicted octanol–water partition coefficient (Wildman–Crippen LogP) is 1.04. The summed E-state index contributed by atoms with van der Waals surface area (Å²) in [6.07, 6.45) is -1.86. The highest BCUT2D eigenvalue weighted by Gasteiger charge is 2.45. The van der Waals surface area contributed by atoms with Crippen LogP contribution in [0.25, 0.3) is 11.2 Å². The van der Waals surface area contributed by atoms with E-state index in [2.05, 4.69) is 25.5 Å². The zero-order valence-electron chi connectivity index (χ0n) is 19.0. The van der Waals surface area contributed by atoms with Crippen molar-refractivity contribution in [2.45, 2.75) is 31.1 Å². The van der Waals surface area contributed by atoms with E-state index < -0.39 is 31.1 Å². The van der Waals surface area contributed by atoms with Crippen molar-refractivity contribution in [1.29, 1.82) is 0 Å². The van der Waals surface area contributed by atoms with Crippen molar-refractivity contribution in [3.8, 4) is 5.75 Å². The second-order valence-electron chi connectivity index (χ2n) is 8.18. The van der Waals surface area contributed by atoms with Crippen LogP contribution in [0.4, 0.5) is 11.8 Å². The third-order valence-corrected chi connectivity index (χ3v) is 5.78. The first-order valence-corrected chi connectivity index (χ1v) is 11.2. The molecule has 5 rings (SSSR count). The Morgan fingerprint density at radius 3 is 2.58 bits per heavy atom. The predicted molar refractivity (Wildman–Crippen MR) is 131 cm³/mol. The van der Waals surface area contributed by atoms with Crippen molar-refractivity contribution < 1.29 is 24.8 Å². The minimum Gasteiger partial charge on any atom is -0.489 e. The maximum atomic E-state index is 10.5. The zero-order valence-corrected chi connectivity index (χ0v) is 19.0. The molecule has 12 heteroatoms. The lowest BCUT2D eigenvalue weighted by Crippen LogP contribution is -2.33. The van der Waals surface area contributed by atoms with Crippen LogP contribution in [0, 0.1) is 0 Å². The van der Waals surface area contributed by atoms with Gasteiger partial charge in [0.1, 0.15) is 37.0 Å². The fraction of sp³-hybridized carbons (Fsp3) is 0.250. The fourth-order valence-electron chi connectivity index (χ4n) is 3.90. The van der Waals surface area contributed by atoms with Gasteiger partial charge in [0.25, 0.3) is 0 Å². The van der Waals surface area contributed by atoms with E-state index in [1.807, 2.05) is 54.6 Å². The van der Waals surface area contributed by atoms with Gasteiger partial charge in [-0.05, 0) is 35.4 Å². The van der Waals surface area contributed by atoms with Gasteiger partial charge in [0.2, 0.25) is 5.95 Å². The van der Waals surface area contributed by atoms with E-state index in [1.54, 1.807) is 6.21 Å². The number of anilines is 2. The molecular weight excluding hydrogens is 466 g/mol. The van der Waals surface area contributed by atoms with Gasteiger partial charge in [0.15, 0.2) is 23.2 Å². The SMILES string of the molecule is Nc1ncnc2c1nc(NN=Cc1ccc(OCc3ccccc3)cc1)n2[C@H]1O[C@@H](CO)[C@H](O)[C@@H]1O. The number of hydrazone groups is 1. The second-order valence-corrected chi connectivity index (χ2v) is 8.18. The van der Waals surface area contributed by atoms with E-state index in [4.69, 9.17) is 15.2 Å². The number of aromatic nitrogens is 4. The molecule has 0 aliphatic carbocycles. The smallest absolute Gasteiger partial charge is 0.228 e. The van der Waals surface area contributed by atoms with Crippen LogP contribution >= 0.6 is 0 Å². The Morgan fingerprint density at radius 2 is 1.86 bits per heavy atom. The van der Waals surface area contributed by atoms with Gasteiger partial charge in [-0.2, -0.15) is 5.10 Å². The number of rotatable bonds is 8. The number of aliphatic hydroxyl groups is 3. The van der Waals surface area contributed by atoms with Crippen molar-refractivity contribution in [3.63, 3.8) is 0 Å². The number of benzene rings is 2. The maximum Gasteiger partial charge on any atom is 0.228 e. The number of nitrogen functional groups attached to an aromatic ring is 1. The molecule has 0 amide bonds. The minimum atomic E-state index is -1.34. The Labute approximate surface area is 205 Å². The van der Waals surface area contributed by atoms with E-state index in [1.165, 1.54) is 10.9 Å². The molecule has 1 aliphatic rings. The Kier molecular flexibility index (Phi) is 6.73. The van der Waals surface area contributed by atoms with Gasteiger partial charge < -0.3 is 30.5 Å². The molecule has 4 aromatic rings. The van der Waals surface area contributed by atoms with E-state index in [0.29, 0.717) is 6.61 Å². The standard InChI is InChI=1S/C24H25N7O5/c25-21-18-22(27-13-26-21)31(23-20(34)19(33)17(11-32)36-23)24(29-18)30-28-10-14-6-8-16(9-7-14)35-12-15-4-2-1-3-5-15/h1-10,13,17,19-20,23,32-34H,11-12H2,(H,29,30)(H2,25,26,27)/t17-,19-,20-,23-/m0/s1. The summed E-state index contributed by atoms with van der Waals surface area (Å²) in [5.41, 5.74) is 11.2. The first-order chi connectivity index (χ1) is 17.5. The molecule has 0 radical (unpaired) electrons. The largest absolute Gasteiger partial charge is 0.489 e. The highest BCUT2D eigenvalue weighted by molar-refractivity contribution is 5.84. The number of ether oxygens (including phenoxy) is 2. The molecule has 2 aromatic heterocycles. The Morgan fingerprint density at radius 1 is 1.08 bits per heavy atom. The molecule has 36 heavy (non-hydrogen) atoms. The summed E-state index contributed by atoms with van der Waals surface area (Å²) in [5.74, 6) is 1.01. The number of aliphatic hydroxyl groups excluding tert-OH is 3. The van der Waals surface area contributed by atoms with Crippen molar-refractivity contribution in [1.82, 2.24) is 19.5 Å². The average Bonchev–Trinajstić information content (AvgIpc) is 3.41. The Balaban J connectivity index is 1.33. The molecule has 4 atom stereocenters. The molecule has 0 spiro atoms. The molecule has 0 unspecified atom stereocenters. The van der Waals surface area contributed by atoms with Gasteiger partial charge in [-0.1, -0.05) is 30.3 Å². The maximum absolute atomic E-state index is 10.5. The molecule has 0 bridgehead atoms. The van der Waals surface area contributed by atoms with E-state index in [-0.39, 0.29) is 22.9 Å². The number of hydrogen-bond donors (Lipinski definition) is 5. The third-order valence-electron chi connectivity index (χ3n) is 5.78. The van der Waals surface area contributed by atoms with Crippen LogP contribution in [0.5, 0.6) is 5.75 Å². The number of hydrogen-bond acceptors (Lipinski definition) is 11. The van der Waals surface area contributed by atoms with Crippen LogP contribution in [-0.4, -0.2) is 66.0 Å². The van der Waals surface area contributed by atoms with Gasteiger partial charge in [0.05, 0.1) is 12.8 Å².